The number of hydrogen-bond donors (Lipinski definition) is 1. The Balaban J connectivity index is 2.25. The van der Waals surface area contributed by atoms with Crippen LogP contribution in [-0.2, 0) is 6.42 Å². The Morgan fingerprint density at radius 2 is 1.95 bits per heavy atom. The molecule has 0 aromatic heterocycles. The molecule has 1 aromatic rings. The van der Waals surface area contributed by atoms with Crippen LogP contribution in [0.5, 0.6) is 0 Å². The molecule has 0 amide bonds. The van der Waals surface area contributed by atoms with Gasteiger partial charge in [0.1, 0.15) is 0 Å². The van der Waals surface area contributed by atoms with Gasteiger partial charge in [0.15, 0.2) is 0 Å². The minimum absolute atomic E-state index is 0.445. The van der Waals surface area contributed by atoms with Crippen molar-refractivity contribution >= 4 is 0 Å². The lowest BCUT2D eigenvalue weighted by Crippen LogP contribution is -2.34. The maximum absolute atomic E-state index is 3.75. The molecule has 0 bridgehead atoms. The minimum atomic E-state index is 0.445. The highest BCUT2D eigenvalue weighted by Gasteiger charge is 2.37. The monoisotopic (exact) mass is 259 g/mol. The fraction of sp³-hybridized carbons (Fsp3) is 0.667. The molecule has 1 unspecified atom stereocenters. The van der Waals surface area contributed by atoms with E-state index in [9.17, 15) is 0 Å². The highest BCUT2D eigenvalue weighted by Crippen LogP contribution is 2.47. The summed E-state index contributed by atoms with van der Waals surface area (Å²) in [6, 6.07) is 9.78. The zero-order valence-corrected chi connectivity index (χ0v) is 12.8. The number of aryl methyl sites for hydroxylation is 1. The predicted molar refractivity (Wildman–Crippen MR) is 83.4 cm³/mol. The van der Waals surface area contributed by atoms with Crippen molar-refractivity contribution in [3.63, 3.8) is 0 Å². The molecule has 0 aliphatic heterocycles. The fourth-order valence-electron chi connectivity index (χ4n) is 3.66. The quantitative estimate of drug-likeness (QED) is 0.768. The maximum atomic E-state index is 3.75. The highest BCUT2D eigenvalue weighted by atomic mass is 14.9. The first-order valence-electron chi connectivity index (χ1n) is 8.02. The average Bonchev–Trinajstić information content (AvgIpc) is 2.84. The topological polar surface area (TPSA) is 12.0 Å². The van der Waals surface area contributed by atoms with Gasteiger partial charge in [-0.25, -0.2) is 0 Å². The Bertz CT molecular complexity index is 390. The second kappa shape index (κ2) is 6.56. The molecule has 2 rings (SSSR count). The molecular formula is C18H29N. The lowest BCUT2D eigenvalue weighted by molar-refractivity contribution is 0.226. The molecular weight excluding hydrogens is 230 g/mol. The van der Waals surface area contributed by atoms with Crippen LogP contribution in [0.3, 0.4) is 0 Å². The van der Waals surface area contributed by atoms with Crippen LogP contribution in [-0.4, -0.2) is 6.54 Å². The Kier molecular flexibility index (Phi) is 5.04. The number of benzene rings is 1. The summed E-state index contributed by atoms with van der Waals surface area (Å²) in [5.41, 5.74) is 3.43. The smallest absolute Gasteiger partial charge is 0.0374 e. The van der Waals surface area contributed by atoms with Crippen molar-refractivity contribution in [2.24, 2.45) is 5.41 Å². The zero-order chi connectivity index (χ0) is 13.7. The van der Waals surface area contributed by atoms with Gasteiger partial charge in [0.2, 0.25) is 0 Å². The van der Waals surface area contributed by atoms with Crippen LogP contribution >= 0.6 is 0 Å². The summed E-state index contributed by atoms with van der Waals surface area (Å²) in [5, 5.41) is 3.75. The van der Waals surface area contributed by atoms with Crippen molar-refractivity contribution in [3.8, 4) is 0 Å². The van der Waals surface area contributed by atoms with E-state index in [1.807, 2.05) is 0 Å². The molecule has 0 radical (unpaired) electrons. The van der Waals surface area contributed by atoms with Gasteiger partial charge < -0.3 is 5.32 Å². The molecule has 1 saturated carbocycles. The van der Waals surface area contributed by atoms with Crippen LogP contribution in [0.1, 0.15) is 70.0 Å². The lowest BCUT2D eigenvalue weighted by Gasteiger charge is -2.35. The zero-order valence-electron chi connectivity index (χ0n) is 12.8. The summed E-state index contributed by atoms with van der Waals surface area (Å²) in [4.78, 5) is 0. The van der Waals surface area contributed by atoms with E-state index in [2.05, 4.69) is 50.4 Å². The van der Waals surface area contributed by atoms with Crippen molar-refractivity contribution in [2.45, 2.75) is 65.3 Å². The molecule has 106 valence electrons. The molecule has 1 aromatic carbocycles. The Morgan fingerprint density at radius 1 is 1.21 bits per heavy atom. The van der Waals surface area contributed by atoms with E-state index in [1.54, 1.807) is 0 Å². The molecule has 0 spiro atoms. The van der Waals surface area contributed by atoms with Crippen LogP contribution in [0.4, 0.5) is 0 Å². The standard InChI is InChI=1S/C18H29N/c1-4-9-15-10-8-11-16(14-15)17(19-5-2)18(3)12-6-7-13-18/h8,10-11,14,17,19H,4-7,9,12-13H2,1-3H3. The fourth-order valence-corrected chi connectivity index (χ4v) is 3.66. The van der Waals surface area contributed by atoms with E-state index in [0.29, 0.717) is 11.5 Å². The van der Waals surface area contributed by atoms with Crippen LogP contribution in [0.25, 0.3) is 0 Å². The Labute approximate surface area is 118 Å². The predicted octanol–water partition coefficient (Wildman–Crippen LogP) is 4.87. The molecule has 1 fully saturated rings. The van der Waals surface area contributed by atoms with Crippen molar-refractivity contribution in [2.75, 3.05) is 6.54 Å². The van der Waals surface area contributed by atoms with E-state index in [4.69, 9.17) is 0 Å². The molecule has 1 heteroatoms. The third kappa shape index (κ3) is 3.39. The molecule has 0 saturated heterocycles. The second-order valence-electron chi connectivity index (χ2n) is 6.35. The summed E-state index contributed by atoms with van der Waals surface area (Å²) in [6.45, 7) is 8.01. The molecule has 1 nitrogen and oxygen atoms in total. The average molecular weight is 259 g/mol. The van der Waals surface area contributed by atoms with Crippen molar-refractivity contribution < 1.29 is 0 Å². The first kappa shape index (κ1) is 14.6. The number of hydrogen-bond acceptors (Lipinski definition) is 1. The van der Waals surface area contributed by atoms with Crippen molar-refractivity contribution in [1.82, 2.24) is 5.32 Å². The van der Waals surface area contributed by atoms with Gasteiger partial charge in [0, 0.05) is 6.04 Å². The summed E-state index contributed by atoms with van der Waals surface area (Å²) >= 11 is 0. The summed E-state index contributed by atoms with van der Waals surface area (Å²) < 4.78 is 0. The lowest BCUT2D eigenvalue weighted by atomic mass is 9.77. The minimum Gasteiger partial charge on any atom is -0.310 e. The molecule has 1 aliphatic rings. The van der Waals surface area contributed by atoms with Gasteiger partial charge in [0.25, 0.3) is 0 Å². The van der Waals surface area contributed by atoms with Gasteiger partial charge in [-0.2, -0.15) is 0 Å². The van der Waals surface area contributed by atoms with Crippen molar-refractivity contribution in [1.29, 1.82) is 0 Å². The third-order valence-corrected chi connectivity index (χ3v) is 4.67. The van der Waals surface area contributed by atoms with E-state index in [-0.39, 0.29) is 0 Å². The van der Waals surface area contributed by atoms with Gasteiger partial charge in [-0.3, -0.25) is 0 Å². The number of rotatable bonds is 6. The molecule has 1 aliphatic carbocycles. The van der Waals surface area contributed by atoms with E-state index < -0.39 is 0 Å². The van der Waals surface area contributed by atoms with Gasteiger partial charge >= 0.3 is 0 Å². The number of nitrogens with one attached hydrogen (secondary N) is 1. The van der Waals surface area contributed by atoms with Gasteiger partial charge in [-0.15, -0.1) is 0 Å². The first-order valence-corrected chi connectivity index (χ1v) is 8.02. The van der Waals surface area contributed by atoms with Gasteiger partial charge in [-0.05, 0) is 42.3 Å². The normalized spacial score (nSPS) is 19.5. The summed E-state index contributed by atoms with van der Waals surface area (Å²) in [6.07, 6.45) is 7.95. The molecule has 0 heterocycles. The SMILES string of the molecule is CCCc1cccc(C(NCC)C2(C)CCCC2)c1. The Morgan fingerprint density at radius 3 is 2.58 bits per heavy atom. The molecule has 1 atom stereocenters. The summed E-state index contributed by atoms with van der Waals surface area (Å²) in [5.74, 6) is 0. The highest BCUT2D eigenvalue weighted by molar-refractivity contribution is 5.28. The van der Waals surface area contributed by atoms with Crippen LogP contribution in [0.2, 0.25) is 0 Å². The first-order chi connectivity index (χ1) is 9.19. The maximum Gasteiger partial charge on any atom is 0.0374 e. The molecule has 1 N–H and O–H groups in total. The van der Waals surface area contributed by atoms with E-state index >= 15 is 0 Å². The second-order valence-corrected chi connectivity index (χ2v) is 6.35. The van der Waals surface area contributed by atoms with Crippen LogP contribution < -0.4 is 5.32 Å². The molecule has 19 heavy (non-hydrogen) atoms. The van der Waals surface area contributed by atoms with E-state index in [1.165, 1.54) is 49.7 Å². The Hall–Kier alpha value is -0.820. The van der Waals surface area contributed by atoms with Crippen LogP contribution in [0, 0.1) is 5.41 Å². The summed E-state index contributed by atoms with van der Waals surface area (Å²) in [7, 11) is 0. The third-order valence-electron chi connectivity index (χ3n) is 4.67. The van der Waals surface area contributed by atoms with Gasteiger partial charge in [-0.1, -0.05) is 64.3 Å². The largest absolute Gasteiger partial charge is 0.310 e. The van der Waals surface area contributed by atoms with Crippen LogP contribution in [0.15, 0.2) is 24.3 Å². The van der Waals surface area contributed by atoms with E-state index in [0.717, 1.165) is 6.54 Å². The van der Waals surface area contributed by atoms with Crippen molar-refractivity contribution in [3.05, 3.63) is 35.4 Å². The van der Waals surface area contributed by atoms with Gasteiger partial charge in [0.05, 0.1) is 0 Å².